The maximum absolute atomic E-state index is 10.8. The Labute approximate surface area is 89.7 Å². The molecule has 0 saturated heterocycles. The molecule has 76 valence electrons. The molecule has 0 saturated carbocycles. The van der Waals surface area contributed by atoms with Crippen LogP contribution in [0.1, 0.15) is 18.4 Å². The van der Waals surface area contributed by atoms with E-state index in [1.165, 1.54) is 12.7 Å². The van der Waals surface area contributed by atoms with Gasteiger partial charge in [0.25, 0.3) is 0 Å². The predicted molar refractivity (Wildman–Crippen MR) is 58.6 cm³/mol. The van der Waals surface area contributed by atoms with E-state index in [-0.39, 0.29) is 5.97 Å². The van der Waals surface area contributed by atoms with E-state index in [0.29, 0.717) is 6.42 Å². The van der Waals surface area contributed by atoms with Crippen LogP contribution in [0.2, 0.25) is 0 Å². The van der Waals surface area contributed by atoms with Crippen molar-refractivity contribution in [3.63, 3.8) is 0 Å². The Kier molecular flexibility index (Phi) is 4.53. The molecule has 2 nitrogen and oxygen atoms in total. The molecule has 1 aromatic rings. The molecule has 0 aromatic heterocycles. The Balaban J connectivity index is 2.31. The number of hydrogen-bond donors (Lipinski definition) is 1. The van der Waals surface area contributed by atoms with E-state index in [1.807, 2.05) is 24.3 Å². The minimum Gasteiger partial charge on any atom is -0.469 e. The average molecular weight is 210 g/mol. The highest BCUT2D eigenvalue weighted by atomic mass is 32.1. The third-order valence-electron chi connectivity index (χ3n) is 2.01. The Morgan fingerprint density at radius 1 is 1.36 bits per heavy atom. The van der Waals surface area contributed by atoms with Crippen LogP contribution in [0.25, 0.3) is 0 Å². The number of thiol groups is 1. The number of carbonyl (C=O) groups excluding carboxylic acids is 1. The van der Waals surface area contributed by atoms with E-state index in [2.05, 4.69) is 17.4 Å². The van der Waals surface area contributed by atoms with Crippen LogP contribution < -0.4 is 0 Å². The first kappa shape index (κ1) is 11.1. The van der Waals surface area contributed by atoms with Gasteiger partial charge in [0, 0.05) is 11.3 Å². The number of carbonyl (C=O) groups is 1. The van der Waals surface area contributed by atoms with Crippen molar-refractivity contribution in [2.75, 3.05) is 7.11 Å². The minimum absolute atomic E-state index is 0.143. The second-order valence-corrected chi connectivity index (χ2v) is 3.61. The SMILES string of the molecule is COC(=O)CCCc1ccc(S)cc1. The number of aryl methyl sites for hydroxylation is 1. The van der Waals surface area contributed by atoms with Crippen molar-refractivity contribution in [1.29, 1.82) is 0 Å². The summed E-state index contributed by atoms with van der Waals surface area (Å²) in [5, 5.41) is 0. The summed E-state index contributed by atoms with van der Waals surface area (Å²) in [6.45, 7) is 0. The summed E-state index contributed by atoms with van der Waals surface area (Å²) in [5.41, 5.74) is 1.23. The van der Waals surface area contributed by atoms with E-state index >= 15 is 0 Å². The van der Waals surface area contributed by atoms with Crippen LogP contribution in [0, 0.1) is 0 Å². The molecular weight excluding hydrogens is 196 g/mol. The normalized spacial score (nSPS) is 9.86. The quantitative estimate of drug-likeness (QED) is 0.610. The van der Waals surface area contributed by atoms with E-state index in [0.717, 1.165) is 17.7 Å². The molecule has 0 unspecified atom stereocenters. The molecule has 0 bridgehead atoms. The van der Waals surface area contributed by atoms with Crippen molar-refractivity contribution in [3.05, 3.63) is 29.8 Å². The molecule has 0 radical (unpaired) electrons. The fourth-order valence-corrected chi connectivity index (χ4v) is 1.35. The molecule has 0 atom stereocenters. The number of rotatable bonds is 4. The van der Waals surface area contributed by atoms with Crippen LogP contribution in [-0.4, -0.2) is 13.1 Å². The number of benzene rings is 1. The van der Waals surface area contributed by atoms with Crippen molar-refractivity contribution in [3.8, 4) is 0 Å². The number of esters is 1. The number of methoxy groups -OCH3 is 1. The van der Waals surface area contributed by atoms with Crippen molar-refractivity contribution < 1.29 is 9.53 Å². The largest absolute Gasteiger partial charge is 0.469 e. The zero-order valence-electron chi connectivity index (χ0n) is 8.19. The van der Waals surface area contributed by atoms with Gasteiger partial charge in [0.1, 0.15) is 0 Å². The first-order valence-corrected chi connectivity index (χ1v) is 5.02. The highest BCUT2D eigenvalue weighted by Gasteiger charge is 1.99. The van der Waals surface area contributed by atoms with Crippen LogP contribution in [0.4, 0.5) is 0 Å². The molecule has 0 amide bonds. The Bertz CT molecular complexity index is 293. The van der Waals surface area contributed by atoms with Gasteiger partial charge >= 0.3 is 5.97 Å². The van der Waals surface area contributed by atoms with Gasteiger partial charge in [-0.25, -0.2) is 0 Å². The lowest BCUT2D eigenvalue weighted by Crippen LogP contribution is -2.00. The van der Waals surface area contributed by atoms with E-state index in [9.17, 15) is 4.79 Å². The third kappa shape index (κ3) is 3.83. The third-order valence-corrected chi connectivity index (χ3v) is 2.31. The highest BCUT2D eigenvalue weighted by Crippen LogP contribution is 2.10. The van der Waals surface area contributed by atoms with Gasteiger partial charge in [-0.3, -0.25) is 4.79 Å². The fourth-order valence-electron chi connectivity index (χ4n) is 1.20. The maximum atomic E-state index is 10.8. The number of ether oxygens (including phenoxy) is 1. The Morgan fingerprint density at radius 2 is 2.00 bits per heavy atom. The first-order chi connectivity index (χ1) is 6.72. The molecule has 0 fully saturated rings. The van der Waals surface area contributed by atoms with Gasteiger partial charge in [-0.2, -0.15) is 0 Å². The van der Waals surface area contributed by atoms with Gasteiger partial charge in [-0.1, -0.05) is 12.1 Å². The zero-order valence-corrected chi connectivity index (χ0v) is 9.09. The van der Waals surface area contributed by atoms with Crippen LogP contribution in [0.15, 0.2) is 29.2 Å². The van der Waals surface area contributed by atoms with Crippen molar-refractivity contribution in [1.82, 2.24) is 0 Å². The van der Waals surface area contributed by atoms with Gasteiger partial charge in [-0.05, 0) is 30.5 Å². The lowest BCUT2D eigenvalue weighted by Gasteiger charge is -2.01. The second-order valence-electron chi connectivity index (χ2n) is 3.10. The van der Waals surface area contributed by atoms with E-state index < -0.39 is 0 Å². The molecule has 0 aliphatic rings. The summed E-state index contributed by atoms with van der Waals surface area (Å²) in [4.78, 5) is 11.8. The molecule has 0 aliphatic heterocycles. The van der Waals surface area contributed by atoms with Crippen molar-refractivity contribution in [2.24, 2.45) is 0 Å². The topological polar surface area (TPSA) is 26.3 Å². The van der Waals surface area contributed by atoms with Gasteiger partial charge in [0.05, 0.1) is 7.11 Å². The molecule has 1 aromatic carbocycles. The van der Waals surface area contributed by atoms with E-state index in [4.69, 9.17) is 0 Å². The molecule has 1 rings (SSSR count). The molecule has 0 N–H and O–H groups in total. The van der Waals surface area contributed by atoms with Crippen LogP contribution in [0.3, 0.4) is 0 Å². The summed E-state index contributed by atoms with van der Waals surface area (Å²) < 4.78 is 4.56. The van der Waals surface area contributed by atoms with E-state index in [1.54, 1.807) is 0 Å². The Morgan fingerprint density at radius 3 is 2.57 bits per heavy atom. The van der Waals surface area contributed by atoms with Gasteiger partial charge < -0.3 is 4.74 Å². The second kappa shape index (κ2) is 5.70. The fraction of sp³-hybridized carbons (Fsp3) is 0.364. The smallest absolute Gasteiger partial charge is 0.305 e. The molecule has 0 spiro atoms. The van der Waals surface area contributed by atoms with Crippen molar-refractivity contribution in [2.45, 2.75) is 24.2 Å². The summed E-state index contributed by atoms with van der Waals surface area (Å²) in [6, 6.07) is 7.96. The first-order valence-electron chi connectivity index (χ1n) is 4.57. The zero-order chi connectivity index (χ0) is 10.4. The summed E-state index contributed by atoms with van der Waals surface area (Å²) in [5.74, 6) is -0.143. The molecular formula is C11H14O2S. The standard InChI is InChI=1S/C11H14O2S/c1-13-11(12)4-2-3-9-5-7-10(14)8-6-9/h5-8,14H,2-4H2,1H3. The number of hydrogen-bond acceptors (Lipinski definition) is 3. The predicted octanol–water partition coefficient (Wildman–Crippen LogP) is 2.47. The summed E-state index contributed by atoms with van der Waals surface area (Å²) >= 11 is 4.20. The monoisotopic (exact) mass is 210 g/mol. The van der Waals surface area contributed by atoms with Gasteiger partial charge in [-0.15, -0.1) is 12.6 Å². The molecule has 0 heterocycles. The molecule has 3 heteroatoms. The lowest BCUT2D eigenvalue weighted by molar-refractivity contribution is -0.140. The van der Waals surface area contributed by atoms with Gasteiger partial charge in [0.15, 0.2) is 0 Å². The van der Waals surface area contributed by atoms with Crippen LogP contribution in [-0.2, 0) is 16.0 Å². The Hall–Kier alpha value is -0.960. The van der Waals surface area contributed by atoms with Crippen LogP contribution in [0.5, 0.6) is 0 Å². The van der Waals surface area contributed by atoms with Crippen LogP contribution >= 0.6 is 12.6 Å². The minimum atomic E-state index is -0.143. The average Bonchev–Trinajstić information content (AvgIpc) is 2.21. The lowest BCUT2D eigenvalue weighted by atomic mass is 10.1. The summed E-state index contributed by atoms with van der Waals surface area (Å²) in [6.07, 6.45) is 2.22. The maximum Gasteiger partial charge on any atom is 0.305 e. The molecule has 0 aliphatic carbocycles. The molecule has 14 heavy (non-hydrogen) atoms. The summed E-state index contributed by atoms with van der Waals surface area (Å²) in [7, 11) is 1.41. The van der Waals surface area contributed by atoms with Gasteiger partial charge in [0.2, 0.25) is 0 Å². The highest BCUT2D eigenvalue weighted by molar-refractivity contribution is 7.80. The van der Waals surface area contributed by atoms with Crippen molar-refractivity contribution >= 4 is 18.6 Å².